The Balaban J connectivity index is 1.76. The van der Waals surface area contributed by atoms with Crippen molar-refractivity contribution in [1.29, 1.82) is 0 Å². The molecule has 0 amide bonds. The predicted octanol–water partition coefficient (Wildman–Crippen LogP) is 3.79. The molecule has 1 N–H and O–H groups in total. The third kappa shape index (κ3) is 3.42. The molecule has 0 aliphatic heterocycles. The van der Waals surface area contributed by atoms with Crippen LogP contribution in [0, 0.1) is 0 Å². The monoisotopic (exact) mass is 375 g/mol. The van der Waals surface area contributed by atoms with Crippen LogP contribution in [0.3, 0.4) is 0 Å². The Morgan fingerprint density at radius 1 is 1.11 bits per heavy atom. The molecule has 0 bridgehead atoms. The fourth-order valence-electron chi connectivity index (χ4n) is 3.09. The summed E-state index contributed by atoms with van der Waals surface area (Å²) in [6.07, 6.45) is 3.40. The number of ether oxygens (including phenoxy) is 2. The van der Waals surface area contributed by atoms with E-state index in [2.05, 4.69) is 9.97 Å². The van der Waals surface area contributed by atoms with Gasteiger partial charge in [-0.2, -0.15) is 0 Å². The molecule has 4 aromatic rings. The van der Waals surface area contributed by atoms with Crippen molar-refractivity contribution in [3.63, 3.8) is 0 Å². The molecular formula is C22H21N3O3. The van der Waals surface area contributed by atoms with Crippen LogP contribution in [0.1, 0.15) is 6.92 Å². The number of nitrogens with zero attached hydrogens (tertiary/aromatic N) is 2. The molecule has 0 saturated heterocycles. The van der Waals surface area contributed by atoms with Gasteiger partial charge in [-0.15, -0.1) is 0 Å². The Kier molecular flexibility index (Phi) is 4.95. The van der Waals surface area contributed by atoms with Gasteiger partial charge in [-0.05, 0) is 36.8 Å². The molecule has 6 heteroatoms. The topological polar surface area (TPSA) is 69.1 Å². The lowest BCUT2D eigenvalue weighted by Gasteiger charge is -2.11. The number of nitrogens with one attached hydrogen (secondary N) is 1. The number of rotatable bonds is 6. The maximum absolute atomic E-state index is 12.5. The summed E-state index contributed by atoms with van der Waals surface area (Å²) in [4.78, 5) is 19.6. The van der Waals surface area contributed by atoms with Crippen LogP contribution in [0.25, 0.3) is 27.8 Å². The number of hydrogen-bond donors (Lipinski definition) is 1. The van der Waals surface area contributed by atoms with E-state index in [1.807, 2.05) is 72.3 Å². The van der Waals surface area contributed by atoms with Crippen molar-refractivity contribution in [3.05, 3.63) is 77.5 Å². The second kappa shape index (κ2) is 7.70. The summed E-state index contributed by atoms with van der Waals surface area (Å²) < 4.78 is 12.9. The van der Waals surface area contributed by atoms with Crippen molar-refractivity contribution in [1.82, 2.24) is 14.5 Å². The largest absolute Gasteiger partial charge is 0.491 e. The normalized spacial score (nSPS) is 12.2. The molecule has 4 rings (SSSR count). The van der Waals surface area contributed by atoms with Crippen LogP contribution in [-0.2, 0) is 4.74 Å². The molecule has 0 saturated carbocycles. The first-order chi connectivity index (χ1) is 13.7. The number of aromatic nitrogens is 3. The summed E-state index contributed by atoms with van der Waals surface area (Å²) >= 11 is 0. The van der Waals surface area contributed by atoms with Gasteiger partial charge >= 0.3 is 0 Å². The molecule has 0 aliphatic rings. The van der Waals surface area contributed by atoms with Crippen molar-refractivity contribution < 1.29 is 9.47 Å². The van der Waals surface area contributed by atoms with Gasteiger partial charge in [-0.25, -0.2) is 4.98 Å². The van der Waals surface area contributed by atoms with E-state index >= 15 is 0 Å². The third-order valence-corrected chi connectivity index (χ3v) is 4.68. The zero-order chi connectivity index (χ0) is 19.5. The summed E-state index contributed by atoms with van der Waals surface area (Å²) in [6, 6.07) is 17.5. The first-order valence-corrected chi connectivity index (χ1v) is 9.07. The van der Waals surface area contributed by atoms with E-state index in [0.717, 1.165) is 22.6 Å². The molecule has 2 heterocycles. The highest BCUT2D eigenvalue weighted by Crippen LogP contribution is 2.30. The van der Waals surface area contributed by atoms with Crippen LogP contribution < -0.4 is 10.3 Å². The first-order valence-electron chi connectivity index (χ1n) is 9.07. The fourth-order valence-corrected chi connectivity index (χ4v) is 3.09. The Morgan fingerprint density at radius 3 is 2.57 bits per heavy atom. The molecule has 0 spiro atoms. The SMILES string of the molecule is COC(C)COc1ccc(-c2cn(-c3ccccc3)c3nc[nH]c(=O)c23)cc1. The second-order valence-electron chi connectivity index (χ2n) is 6.56. The van der Waals surface area contributed by atoms with Gasteiger partial charge < -0.3 is 19.0 Å². The first kappa shape index (κ1) is 18.0. The summed E-state index contributed by atoms with van der Waals surface area (Å²) in [5.41, 5.74) is 3.16. The molecule has 1 unspecified atom stereocenters. The van der Waals surface area contributed by atoms with Crippen molar-refractivity contribution >= 4 is 11.0 Å². The van der Waals surface area contributed by atoms with Gasteiger partial charge in [0.05, 0.1) is 17.8 Å². The summed E-state index contributed by atoms with van der Waals surface area (Å²) in [5.74, 6) is 0.756. The molecule has 28 heavy (non-hydrogen) atoms. The van der Waals surface area contributed by atoms with Gasteiger partial charge in [0.2, 0.25) is 0 Å². The van der Waals surface area contributed by atoms with E-state index in [4.69, 9.17) is 9.47 Å². The summed E-state index contributed by atoms with van der Waals surface area (Å²) in [5, 5.41) is 0.563. The maximum Gasteiger partial charge on any atom is 0.260 e. The lowest BCUT2D eigenvalue weighted by molar-refractivity contribution is 0.0717. The number of aromatic amines is 1. The van der Waals surface area contributed by atoms with Crippen molar-refractivity contribution in [2.24, 2.45) is 0 Å². The zero-order valence-corrected chi connectivity index (χ0v) is 15.8. The quantitative estimate of drug-likeness (QED) is 0.557. The van der Waals surface area contributed by atoms with E-state index in [0.29, 0.717) is 17.6 Å². The summed E-state index contributed by atoms with van der Waals surface area (Å²) in [6.45, 7) is 2.43. The molecule has 2 aromatic heterocycles. The molecule has 6 nitrogen and oxygen atoms in total. The van der Waals surface area contributed by atoms with Crippen LogP contribution >= 0.6 is 0 Å². The van der Waals surface area contributed by atoms with E-state index in [-0.39, 0.29) is 11.7 Å². The van der Waals surface area contributed by atoms with Gasteiger partial charge in [0.1, 0.15) is 12.4 Å². The molecule has 2 aromatic carbocycles. The van der Waals surface area contributed by atoms with Gasteiger partial charge in [-0.3, -0.25) is 4.79 Å². The van der Waals surface area contributed by atoms with Crippen LogP contribution in [0.2, 0.25) is 0 Å². The van der Waals surface area contributed by atoms with Crippen LogP contribution in [0.5, 0.6) is 5.75 Å². The van der Waals surface area contributed by atoms with Crippen LogP contribution in [-0.4, -0.2) is 34.4 Å². The Hall–Kier alpha value is -3.38. The standard InChI is InChI=1S/C22H21N3O3/c1-15(27-2)13-28-18-10-8-16(9-11-18)19-12-25(17-6-4-3-5-7-17)21-20(19)22(26)24-14-23-21/h3-12,14-15H,13H2,1-2H3,(H,23,24,26). The number of benzene rings is 2. The number of para-hydroxylation sites is 1. The maximum atomic E-state index is 12.5. The zero-order valence-electron chi connectivity index (χ0n) is 15.8. The molecule has 0 fully saturated rings. The van der Waals surface area contributed by atoms with E-state index < -0.39 is 0 Å². The highest BCUT2D eigenvalue weighted by atomic mass is 16.5. The third-order valence-electron chi connectivity index (χ3n) is 4.68. The number of H-pyrrole nitrogens is 1. The predicted molar refractivity (Wildman–Crippen MR) is 109 cm³/mol. The van der Waals surface area contributed by atoms with Crippen molar-refractivity contribution in [2.75, 3.05) is 13.7 Å². The summed E-state index contributed by atoms with van der Waals surface area (Å²) in [7, 11) is 1.66. The van der Waals surface area contributed by atoms with Gasteiger partial charge in [0.15, 0.2) is 5.65 Å². The fraction of sp³-hybridized carbons (Fsp3) is 0.182. The number of hydrogen-bond acceptors (Lipinski definition) is 4. The lowest BCUT2D eigenvalue weighted by Crippen LogP contribution is -2.15. The molecular weight excluding hydrogens is 354 g/mol. The number of methoxy groups -OCH3 is 1. The minimum Gasteiger partial charge on any atom is -0.491 e. The minimum absolute atomic E-state index is 0.0214. The molecule has 0 radical (unpaired) electrons. The highest BCUT2D eigenvalue weighted by molar-refractivity contribution is 5.94. The van der Waals surface area contributed by atoms with Crippen molar-refractivity contribution in [3.8, 4) is 22.6 Å². The molecule has 0 aliphatic carbocycles. The Morgan fingerprint density at radius 2 is 1.86 bits per heavy atom. The number of fused-ring (bicyclic) bond motifs is 1. The van der Waals surface area contributed by atoms with Crippen LogP contribution in [0.15, 0.2) is 71.9 Å². The molecule has 142 valence electrons. The Bertz CT molecular complexity index is 1130. The lowest BCUT2D eigenvalue weighted by atomic mass is 10.1. The van der Waals surface area contributed by atoms with Gasteiger partial charge in [0.25, 0.3) is 5.56 Å². The average molecular weight is 375 g/mol. The van der Waals surface area contributed by atoms with E-state index in [1.54, 1.807) is 7.11 Å². The smallest absolute Gasteiger partial charge is 0.260 e. The highest BCUT2D eigenvalue weighted by Gasteiger charge is 2.15. The minimum atomic E-state index is -0.163. The van der Waals surface area contributed by atoms with Crippen LogP contribution in [0.4, 0.5) is 0 Å². The van der Waals surface area contributed by atoms with E-state index in [9.17, 15) is 4.79 Å². The van der Waals surface area contributed by atoms with Gasteiger partial charge in [-0.1, -0.05) is 30.3 Å². The Labute approximate surface area is 162 Å². The van der Waals surface area contributed by atoms with E-state index in [1.165, 1.54) is 6.33 Å². The molecule has 1 atom stereocenters. The van der Waals surface area contributed by atoms with Crippen molar-refractivity contribution in [2.45, 2.75) is 13.0 Å². The van der Waals surface area contributed by atoms with Gasteiger partial charge in [0, 0.05) is 24.6 Å². The average Bonchev–Trinajstić information content (AvgIpc) is 3.14. The second-order valence-corrected chi connectivity index (χ2v) is 6.56.